The fraction of sp³-hybridized carbons (Fsp3) is 0.100. The van der Waals surface area contributed by atoms with Gasteiger partial charge in [0.1, 0.15) is 11.6 Å². The summed E-state index contributed by atoms with van der Waals surface area (Å²) in [5.41, 5.74) is 7.46. The first kappa shape index (κ1) is 10.2. The first-order valence-electron chi connectivity index (χ1n) is 4.32. The van der Waals surface area contributed by atoms with Crippen LogP contribution in [-0.2, 0) is 7.05 Å². The molecule has 2 N–H and O–H groups in total. The Kier molecular flexibility index (Phi) is 2.48. The van der Waals surface area contributed by atoms with Crippen molar-refractivity contribution in [3.8, 4) is 11.1 Å². The van der Waals surface area contributed by atoms with Crippen molar-refractivity contribution in [2.24, 2.45) is 7.05 Å². The van der Waals surface area contributed by atoms with E-state index in [1.54, 1.807) is 24.0 Å². The summed E-state index contributed by atoms with van der Waals surface area (Å²) in [7, 11) is 1.76. The highest BCUT2D eigenvalue weighted by Gasteiger charge is 2.10. The van der Waals surface area contributed by atoms with Crippen molar-refractivity contribution < 1.29 is 4.39 Å². The standard InChI is InChI=1S/C10H9BrFN3/c1-15-10(13)8(5-14-15)7-3-2-6(12)4-9(7)11/h2-5H,13H2,1H3. The Morgan fingerprint density at radius 3 is 2.67 bits per heavy atom. The molecule has 2 rings (SSSR count). The van der Waals surface area contributed by atoms with Crippen LogP contribution in [0, 0.1) is 5.82 Å². The van der Waals surface area contributed by atoms with Gasteiger partial charge in [-0.25, -0.2) is 4.39 Å². The minimum atomic E-state index is -0.284. The topological polar surface area (TPSA) is 43.8 Å². The van der Waals surface area contributed by atoms with Crippen LogP contribution in [0.3, 0.4) is 0 Å². The van der Waals surface area contributed by atoms with E-state index in [4.69, 9.17) is 5.73 Å². The van der Waals surface area contributed by atoms with E-state index in [1.807, 2.05) is 0 Å². The Balaban J connectivity index is 2.59. The van der Waals surface area contributed by atoms with E-state index in [2.05, 4.69) is 21.0 Å². The van der Waals surface area contributed by atoms with E-state index in [0.717, 1.165) is 11.1 Å². The number of benzene rings is 1. The molecule has 15 heavy (non-hydrogen) atoms. The first-order chi connectivity index (χ1) is 7.09. The number of rotatable bonds is 1. The molecule has 0 aliphatic carbocycles. The zero-order valence-electron chi connectivity index (χ0n) is 8.04. The number of anilines is 1. The van der Waals surface area contributed by atoms with Gasteiger partial charge in [-0.3, -0.25) is 4.68 Å². The quantitative estimate of drug-likeness (QED) is 0.865. The smallest absolute Gasteiger partial charge is 0.129 e. The second-order valence-corrected chi connectivity index (χ2v) is 4.05. The van der Waals surface area contributed by atoms with Gasteiger partial charge in [0.15, 0.2) is 0 Å². The van der Waals surface area contributed by atoms with Crippen LogP contribution in [0.5, 0.6) is 0 Å². The van der Waals surface area contributed by atoms with E-state index < -0.39 is 0 Å². The Hall–Kier alpha value is -1.36. The fourth-order valence-corrected chi connectivity index (χ4v) is 1.93. The summed E-state index contributed by atoms with van der Waals surface area (Å²) in [4.78, 5) is 0. The van der Waals surface area contributed by atoms with Gasteiger partial charge in [0.25, 0.3) is 0 Å². The maximum Gasteiger partial charge on any atom is 0.129 e. The summed E-state index contributed by atoms with van der Waals surface area (Å²) in [6.45, 7) is 0. The van der Waals surface area contributed by atoms with Crippen molar-refractivity contribution >= 4 is 21.7 Å². The summed E-state index contributed by atoms with van der Waals surface area (Å²) in [6, 6.07) is 4.47. The maximum atomic E-state index is 12.9. The van der Waals surface area contributed by atoms with Crippen molar-refractivity contribution in [1.82, 2.24) is 9.78 Å². The van der Waals surface area contributed by atoms with Gasteiger partial charge >= 0.3 is 0 Å². The molecule has 1 aromatic heterocycles. The van der Waals surface area contributed by atoms with Gasteiger partial charge in [-0.1, -0.05) is 22.0 Å². The van der Waals surface area contributed by atoms with Gasteiger partial charge in [0.2, 0.25) is 0 Å². The molecule has 0 saturated heterocycles. The van der Waals surface area contributed by atoms with E-state index in [1.165, 1.54) is 12.1 Å². The molecular weight excluding hydrogens is 261 g/mol. The molecule has 0 spiro atoms. The van der Waals surface area contributed by atoms with E-state index in [9.17, 15) is 4.39 Å². The lowest BCUT2D eigenvalue weighted by Crippen LogP contribution is -1.98. The van der Waals surface area contributed by atoms with Crippen LogP contribution in [-0.4, -0.2) is 9.78 Å². The van der Waals surface area contributed by atoms with Gasteiger partial charge < -0.3 is 5.73 Å². The van der Waals surface area contributed by atoms with Gasteiger partial charge in [0, 0.05) is 22.6 Å². The van der Waals surface area contributed by atoms with Crippen molar-refractivity contribution in [1.29, 1.82) is 0 Å². The molecule has 78 valence electrons. The SMILES string of the molecule is Cn1ncc(-c2ccc(F)cc2Br)c1N. The van der Waals surface area contributed by atoms with E-state index >= 15 is 0 Å². The second-order valence-electron chi connectivity index (χ2n) is 3.19. The average Bonchev–Trinajstić information content (AvgIpc) is 2.49. The predicted molar refractivity (Wildman–Crippen MR) is 60.7 cm³/mol. The summed E-state index contributed by atoms with van der Waals surface area (Å²) >= 11 is 3.29. The summed E-state index contributed by atoms with van der Waals surface area (Å²) in [5, 5.41) is 4.03. The van der Waals surface area contributed by atoms with Crippen LogP contribution in [0.25, 0.3) is 11.1 Å². The molecule has 0 bridgehead atoms. The molecule has 0 saturated carbocycles. The minimum Gasteiger partial charge on any atom is -0.383 e. The number of hydrogen-bond acceptors (Lipinski definition) is 2. The molecule has 3 nitrogen and oxygen atoms in total. The second kappa shape index (κ2) is 3.66. The van der Waals surface area contributed by atoms with Crippen LogP contribution in [0.15, 0.2) is 28.9 Å². The van der Waals surface area contributed by atoms with Crippen LogP contribution >= 0.6 is 15.9 Å². The minimum absolute atomic E-state index is 0.284. The number of nitrogens with zero attached hydrogens (tertiary/aromatic N) is 2. The van der Waals surface area contributed by atoms with Gasteiger partial charge in [0.05, 0.1) is 6.20 Å². The maximum absolute atomic E-state index is 12.9. The summed E-state index contributed by atoms with van der Waals surface area (Å²) in [6.07, 6.45) is 1.66. The highest BCUT2D eigenvalue weighted by molar-refractivity contribution is 9.10. The fourth-order valence-electron chi connectivity index (χ4n) is 1.36. The normalized spacial score (nSPS) is 10.6. The molecule has 1 heterocycles. The third-order valence-corrected chi connectivity index (χ3v) is 2.86. The number of halogens is 2. The Bertz CT molecular complexity index is 507. The monoisotopic (exact) mass is 269 g/mol. The molecule has 0 atom stereocenters. The molecule has 0 fully saturated rings. The third kappa shape index (κ3) is 1.74. The Morgan fingerprint density at radius 1 is 1.40 bits per heavy atom. The molecule has 0 amide bonds. The van der Waals surface area contributed by atoms with E-state index in [-0.39, 0.29) is 5.82 Å². The lowest BCUT2D eigenvalue weighted by atomic mass is 10.1. The lowest BCUT2D eigenvalue weighted by molar-refractivity contribution is 0.627. The van der Waals surface area contributed by atoms with Gasteiger partial charge in [-0.2, -0.15) is 5.10 Å². The highest BCUT2D eigenvalue weighted by Crippen LogP contribution is 2.32. The molecule has 2 aromatic rings. The zero-order valence-corrected chi connectivity index (χ0v) is 9.62. The summed E-state index contributed by atoms with van der Waals surface area (Å²) < 4.78 is 15.1. The zero-order chi connectivity index (χ0) is 11.0. The largest absolute Gasteiger partial charge is 0.383 e. The van der Waals surface area contributed by atoms with Crippen LogP contribution in [0.2, 0.25) is 0 Å². The molecule has 0 unspecified atom stereocenters. The Morgan fingerprint density at radius 2 is 2.13 bits per heavy atom. The number of hydrogen-bond donors (Lipinski definition) is 1. The molecule has 5 heteroatoms. The molecule has 0 aliphatic rings. The van der Waals surface area contributed by atoms with Crippen LogP contribution in [0.1, 0.15) is 0 Å². The van der Waals surface area contributed by atoms with Crippen molar-refractivity contribution in [2.45, 2.75) is 0 Å². The lowest BCUT2D eigenvalue weighted by Gasteiger charge is -2.03. The van der Waals surface area contributed by atoms with Gasteiger partial charge in [-0.15, -0.1) is 0 Å². The highest BCUT2D eigenvalue weighted by atomic mass is 79.9. The molecule has 1 aromatic carbocycles. The predicted octanol–water partition coefficient (Wildman–Crippen LogP) is 2.57. The molecule has 0 aliphatic heterocycles. The van der Waals surface area contributed by atoms with Crippen LogP contribution in [0.4, 0.5) is 10.2 Å². The third-order valence-electron chi connectivity index (χ3n) is 2.21. The van der Waals surface area contributed by atoms with Crippen molar-refractivity contribution in [3.05, 3.63) is 34.7 Å². The number of aromatic nitrogens is 2. The molecule has 0 radical (unpaired) electrons. The van der Waals surface area contributed by atoms with Gasteiger partial charge in [-0.05, 0) is 12.1 Å². The number of aryl methyl sites for hydroxylation is 1. The average molecular weight is 270 g/mol. The number of nitrogens with two attached hydrogens (primary N) is 1. The van der Waals surface area contributed by atoms with Crippen LogP contribution < -0.4 is 5.73 Å². The first-order valence-corrected chi connectivity index (χ1v) is 5.12. The van der Waals surface area contributed by atoms with Crippen molar-refractivity contribution in [3.63, 3.8) is 0 Å². The van der Waals surface area contributed by atoms with E-state index in [0.29, 0.717) is 10.3 Å². The van der Waals surface area contributed by atoms with Crippen molar-refractivity contribution in [2.75, 3.05) is 5.73 Å². The molecular formula is C10H9BrFN3. The summed E-state index contributed by atoms with van der Waals surface area (Å²) in [5.74, 6) is 0.274. The Labute approximate surface area is 94.8 Å². The number of nitrogen functional groups attached to an aromatic ring is 1.